The maximum atomic E-state index is 13.5. The Bertz CT molecular complexity index is 403. The van der Waals surface area contributed by atoms with Gasteiger partial charge >= 0.3 is 0 Å². The Balaban J connectivity index is 2.42. The molecule has 0 saturated carbocycles. The van der Waals surface area contributed by atoms with Gasteiger partial charge in [0.1, 0.15) is 11.5 Å². The molecule has 1 aliphatic rings. The van der Waals surface area contributed by atoms with Crippen LogP contribution < -0.4 is 10.2 Å². The minimum atomic E-state index is -0.742. The molecule has 0 aromatic heterocycles. The summed E-state index contributed by atoms with van der Waals surface area (Å²) in [7, 11) is 0. The molecule has 5 heteroatoms. The van der Waals surface area contributed by atoms with Crippen molar-refractivity contribution < 1.29 is 13.6 Å². The molecule has 1 saturated heterocycles. The van der Waals surface area contributed by atoms with Gasteiger partial charge in [0.15, 0.2) is 5.82 Å². The zero-order valence-corrected chi connectivity index (χ0v) is 8.67. The van der Waals surface area contributed by atoms with E-state index >= 15 is 0 Å². The van der Waals surface area contributed by atoms with Crippen molar-refractivity contribution in [1.29, 1.82) is 0 Å². The van der Waals surface area contributed by atoms with E-state index < -0.39 is 11.6 Å². The summed E-state index contributed by atoms with van der Waals surface area (Å²) in [5.41, 5.74) is 0.473. The van der Waals surface area contributed by atoms with Crippen molar-refractivity contribution in [1.82, 2.24) is 0 Å². The molecular formula is C11H12F2N2O. The van der Waals surface area contributed by atoms with Crippen LogP contribution in [-0.4, -0.2) is 19.5 Å². The van der Waals surface area contributed by atoms with Crippen molar-refractivity contribution >= 4 is 17.8 Å². The molecule has 1 aromatic carbocycles. The zero-order chi connectivity index (χ0) is 11.5. The Labute approximate surface area is 92.1 Å². The summed E-state index contributed by atoms with van der Waals surface area (Å²) in [6.45, 7) is 1.52. The van der Waals surface area contributed by atoms with Crippen molar-refractivity contribution in [3.05, 3.63) is 23.8 Å². The molecule has 2 rings (SSSR count). The van der Waals surface area contributed by atoms with Crippen LogP contribution in [0.25, 0.3) is 0 Å². The lowest BCUT2D eigenvalue weighted by Crippen LogP contribution is -2.20. The molecule has 86 valence electrons. The Morgan fingerprint density at radius 2 is 1.94 bits per heavy atom. The van der Waals surface area contributed by atoms with E-state index in [1.165, 1.54) is 6.07 Å². The average Bonchev–Trinajstić information content (AvgIpc) is 2.75. The van der Waals surface area contributed by atoms with Crippen molar-refractivity contribution in [2.24, 2.45) is 0 Å². The van der Waals surface area contributed by atoms with Gasteiger partial charge in [0, 0.05) is 19.2 Å². The number of hydrogen-bond acceptors (Lipinski definition) is 2. The van der Waals surface area contributed by atoms with Crippen molar-refractivity contribution in [2.45, 2.75) is 12.8 Å². The summed E-state index contributed by atoms with van der Waals surface area (Å²) in [5.74, 6) is -1.37. The molecule has 0 aliphatic carbocycles. The first-order valence-electron chi connectivity index (χ1n) is 5.16. The second-order valence-corrected chi connectivity index (χ2v) is 3.74. The summed E-state index contributed by atoms with van der Waals surface area (Å²) in [6, 6.07) is 2.02. The number of carbonyl (C=O) groups is 1. The van der Waals surface area contributed by atoms with E-state index in [-0.39, 0.29) is 5.69 Å². The second kappa shape index (κ2) is 4.47. The van der Waals surface area contributed by atoms with Crippen LogP contribution in [0.2, 0.25) is 0 Å². The number of nitrogens with one attached hydrogen (secondary N) is 1. The number of hydrogen-bond donors (Lipinski definition) is 1. The summed E-state index contributed by atoms with van der Waals surface area (Å²) in [4.78, 5) is 12.3. The van der Waals surface area contributed by atoms with Gasteiger partial charge in [0.2, 0.25) is 6.41 Å². The largest absolute Gasteiger partial charge is 0.370 e. The third-order valence-electron chi connectivity index (χ3n) is 2.68. The highest BCUT2D eigenvalue weighted by Crippen LogP contribution is 2.31. The normalized spacial score (nSPS) is 15.2. The van der Waals surface area contributed by atoms with E-state index in [4.69, 9.17) is 0 Å². The van der Waals surface area contributed by atoms with Gasteiger partial charge in [-0.05, 0) is 18.9 Å². The average molecular weight is 226 g/mol. The van der Waals surface area contributed by atoms with Gasteiger partial charge in [-0.1, -0.05) is 0 Å². The van der Waals surface area contributed by atoms with E-state index in [2.05, 4.69) is 5.32 Å². The summed E-state index contributed by atoms with van der Waals surface area (Å²) in [6.07, 6.45) is 2.40. The smallest absolute Gasteiger partial charge is 0.211 e. The molecule has 1 aromatic rings. The molecule has 0 bridgehead atoms. The maximum absolute atomic E-state index is 13.5. The Kier molecular flexibility index (Phi) is 3.03. The SMILES string of the molecule is O=CNc1c(F)cc(F)cc1N1CCCC1. The lowest BCUT2D eigenvalue weighted by molar-refractivity contribution is -0.105. The van der Waals surface area contributed by atoms with E-state index in [9.17, 15) is 13.6 Å². The molecule has 3 nitrogen and oxygen atoms in total. The van der Waals surface area contributed by atoms with Crippen molar-refractivity contribution in [3.63, 3.8) is 0 Å². The fourth-order valence-electron chi connectivity index (χ4n) is 1.97. The number of amides is 1. The first-order valence-corrected chi connectivity index (χ1v) is 5.16. The fraction of sp³-hybridized carbons (Fsp3) is 0.364. The van der Waals surface area contributed by atoms with E-state index in [1.54, 1.807) is 0 Å². The predicted molar refractivity (Wildman–Crippen MR) is 57.5 cm³/mol. The fourth-order valence-corrected chi connectivity index (χ4v) is 1.97. The van der Waals surface area contributed by atoms with Crippen LogP contribution in [-0.2, 0) is 4.79 Å². The van der Waals surface area contributed by atoms with Gasteiger partial charge in [0.25, 0.3) is 0 Å². The van der Waals surface area contributed by atoms with Crippen LogP contribution in [0.4, 0.5) is 20.2 Å². The molecule has 1 fully saturated rings. The third-order valence-corrected chi connectivity index (χ3v) is 2.68. The first kappa shape index (κ1) is 10.9. The standard InChI is InChI=1S/C11H12F2N2O/c12-8-5-9(13)11(14-7-16)10(6-8)15-3-1-2-4-15/h5-7H,1-4H2,(H,14,16). The number of nitrogens with zero attached hydrogens (tertiary/aromatic N) is 1. The zero-order valence-electron chi connectivity index (χ0n) is 8.67. The molecular weight excluding hydrogens is 214 g/mol. The number of anilines is 2. The van der Waals surface area contributed by atoms with Crippen LogP contribution in [0.1, 0.15) is 12.8 Å². The van der Waals surface area contributed by atoms with Crippen LogP contribution in [0, 0.1) is 11.6 Å². The molecule has 0 unspecified atom stereocenters. The van der Waals surface area contributed by atoms with Crippen LogP contribution in [0.3, 0.4) is 0 Å². The lowest BCUT2D eigenvalue weighted by atomic mass is 10.2. The molecule has 0 radical (unpaired) electrons. The van der Waals surface area contributed by atoms with Crippen molar-refractivity contribution in [3.8, 4) is 0 Å². The Morgan fingerprint density at radius 1 is 1.25 bits per heavy atom. The maximum Gasteiger partial charge on any atom is 0.211 e. The van der Waals surface area contributed by atoms with Gasteiger partial charge in [-0.15, -0.1) is 0 Å². The quantitative estimate of drug-likeness (QED) is 0.801. The first-order chi connectivity index (χ1) is 7.72. The number of benzene rings is 1. The van der Waals surface area contributed by atoms with Crippen LogP contribution >= 0.6 is 0 Å². The van der Waals surface area contributed by atoms with E-state index in [0.29, 0.717) is 12.1 Å². The third kappa shape index (κ3) is 1.98. The van der Waals surface area contributed by atoms with Crippen LogP contribution in [0.5, 0.6) is 0 Å². The molecule has 0 spiro atoms. The highest BCUT2D eigenvalue weighted by Gasteiger charge is 2.19. The minimum Gasteiger partial charge on any atom is -0.370 e. The van der Waals surface area contributed by atoms with Gasteiger partial charge in [-0.3, -0.25) is 4.79 Å². The topological polar surface area (TPSA) is 32.3 Å². The van der Waals surface area contributed by atoms with Crippen LogP contribution in [0.15, 0.2) is 12.1 Å². The van der Waals surface area contributed by atoms with Gasteiger partial charge in [-0.2, -0.15) is 0 Å². The van der Waals surface area contributed by atoms with Gasteiger partial charge in [0.05, 0.1) is 5.69 Å². The number of halogens is 2. The molecule has 16 heavy (non-hydrogen) atoms. The number of rotatable bonds is 3. The summed E-state index contributed by atoms with van der Waals surface area (Å²) in [5, 5.41) is 2.28. The van der Waals surface area contributed by atoms with E-state index in [1.807, 2.05) is 4.90 Å². The second-order valence-electron chi connectivity index (χ2n) is 3.74. The number of carbonyl (C=O) groups excluding carboxylic acids is 1. The van der Waals surface area contributed by atoms with Crippen molar-refractivity contribution in [2.75, 3.05) is 23.3 Å². The van der Waals surface area contributed by atoms with Gasteiger partial charge in [-0.25, -0.2) is 8.78 Å². The highest BCUT2D eigenvalue weighted by molar-refractivity contribution is 5.82. The van der Waals surface area contributed by atoms with E-state index in [0.717, 1.165) is 32.0 Å². The monoisotopic (exact) mass is 226 g/mol. The lowest BCUT2D eigenvalue weighted by Gasteiger charge is -2.21. The molecule has 1 N–H and O–H groups in total. The Hall–Kier alpha value is -1.65. The summed E-state index contributed by atoms with van der Waals surface area (Å²) >= 11 is 0. The molecule has 1 aliphatic heterocycles. The Morgan fingerprint density at radius 3 is 2.56 bits per heavy atom. The predicted octanol–water partition coefficient (Wildman–Crippen LogP) is 2.13. The highest BCUT2D eigenvalue weighted by atomic mass is 19.1. The summed E-state index contributed by atoms with van der Waals surface area (Å²) < 4.78 is 26.6. The minimum absolute atomic E-state index is 0.0540. The molecule has 1 heterocycles. The molecule has 1 amide bonds. The van der Waals surface area contributed by atoms with Gasteiger partial charge < -0.3 is 10.2 Å². The molecule has 0 atom stereocenters.